The van der Waals surface area contributed by atoms with Gasteiger partial charge in [-0.2, -0.15) is 0 Å². The Labute approximate surface area is 81.6 Å². The van der Waals surface area contributed by atoms with Crippen molar-refractivity contribution >= 4 is 34.4 Å². The highest BCUT2D eigenvalue weighted by atomic mass is 32.2. The third-order valence-corrected chi connectivity index (χ3v) is 2.38. The zero-order valence-electron chi connectivity index (χ0n) is 6.78. The molecule has 1 aliphatic heterocycles. The minimum absolute atomic E-state index is 0.765. The summed E-state index contributed by atoms with van der Waals surface area (Å²) < 4.78 is 0.856. The molecule has 1 heterocycles. The average molecular weight is 198 g/mol. The minimum atomic E-state index is 0.765. The zero-order chi connectivity index (χ0) is 8.97. The first-order chi connectivity index (χ1) is 5.70. The van der Waals surface area contributed by atoms with Crippen molar-refractivity contribution in [3.05, 3.63) is 22.9 Å². The van der Waals surface area contributed by atoms with E-state index in [9.17, 15) is 0 Å². The van der Waals surface area contributed by atoms with Crippen LogP contribution in [0.2, 0.25) is 0 Å². The van der Waals surface area contributed by atoms with Crippen LogP contribution in [0.3, 0.4) is 0 Å². The number of allylic oxidation sites excluding steroid dienone is 1. The standard InChI is InChI=1S/C8H10N2S2/c1-6(11)12-8-5-10-4-2-3-7(8)9/h3-5H,2,9H2,1H3. The predicted octanol–water partition coefficient (Wildman–Crippen LogP) is 2.23. The normalized spacial score (nSPS) is 16.4. The topological polar surface area (TPSA) is 38.4 Å². The molecule has 0 aromatic rings. The molecule has 0 aromatic heterocycles. The number of hydrogen-bond donors (Lipinski definition) is 1. The molecule has 0 bridgehead atoms. The largest absolute Gasteiger partial charge is 0.398 e. The molecule has 4 heteroatoms. The highest BCUT2D eigenvalue weighted by Gasteiger charge is 2.03. The molecule has 0 spiro atoms. The Morgan fingerprint density at radius 1 is 1.75 bits per heavy atom. The number of thiocarbonyl (C=S) groups is 1. The smallest absolute Gasteiger partial charge is 0.0536 e. The maximum absolute atomic E-state index is 5.76. The summed E-state index contributed by atoms with van der Waals surface area (Å²) >= 11 is 6.44. The molecular weight excluding hydrogens is 188 g/mol. The van der Waals surface area contributed by atoms with Crippen molar-refractivity contribution in [2.24, 2.45) is 10.7 Å². The van der Waals surface area contributed by atoms with Gasteiger partial charge in [0, 0.05) is 28.7 Å². The van der Waals surface area contributed by atoms with Crippen molar-refractivity contribution in [3.63, 3.8) is 0 Å². The van der Waals surface area contributed by atoms with E-state index in [0.29, 0.717) is 0 Å². The van der Waals surface area contributed by atoms with Crippen molar-refractivity contribution in [1.29, 1.82) is 0 Å². The van der Waals surface area contributed by atoms with Gasteiger partial charge in [-0.15, -0.1) is 0 Å². The molecule has 2 nitrogen and oxygen atoms in total. The molecular formula is C8H10N2S2. The third-order valence-electron chi connectivity index (χ3n) is 1.28. The third kappa shape index (κ3) is 2.79. The van der Waals surface area contributed by atoms with Crippen molar-refractivity contribution in [2.45, 2.75) is 13.3 Å². The lowest BCUT2D eigenvalue weighted by molar-refractivity contribution is 1.35. The van der Waals surface area contributed by atoms with Crippen LogP contribution in [0.25, 0.3) is 0 Å². The quantitative estimate of drug-likeness (QED) is 0.657. The van der Waals surface area contributed by atoms with Crippen molar-refractivity contribution < 1.29 is 0 Å². The molecule has 12 heavy (non-hydrogen) atoms. The molecule has 1 aliphatic rings. The van der Waals surface area contributed by atoms with E-state index in [-0.39, 0.29) is 0 Å². The highest BCUT2D eigenvalue weighted by Crippen LogP contribution is 2.23. The van der Waals surface area contributed by atoms with Crippen LogP contribution in [0.5, 0.6) is 0 Å². The summed E-state index contributed by atoms with van der Waals surface area (Å²) in [5, 5.41) is 0. The first-order valence-corrected chi connectivity index (χ1v) is 4.79. The maximum Gasteiger partial charge on any atom is 0.0536 e. The van der Waals surface area contributed by atoms with E-state index < -0.39 is 0 Å². The van der Waals surface area contributed by atoms with Gasteiger partial charge in [0.05, 0.1) is 4.91 Å². The Balaban J connectivity index is 2.78. The van der Waals surface area contributed by atoms with E-state index >= 15 is 0 Å². The van der Waals surface area contributed by atoms with Crippen LogP contribution in [0.15, 0.2) is 27.9 Å². The average Bonchev–Trinajstić information content (AvgIpc) is 2.16. The van der Waals surface area contributed by atoms with Gasteiger partial charge in [0.1, 0.15) is 0 Å². The number of nitrogens with zero attached hydrogens (tertiary/aromatic N) is 1. The lowest BCUT2D eigenvalue weighted by Gasteiger charge is -2.02. The molecule has 1 rings (SSSR count). The Bertz CT molecular complexity index is 277. The number of thioether (sulfide) groups is 1. The van der Waals surface area contributed by atoms with E-state index in [1.807, 2.05) is 19.2 Å². The SMILES string of the molecule is CC(=S)SC1=CN=CCC=C1N. The molecule has 2 N–H and O–H groups in total. The summed E-state index contributed by atoms with van der Waals surface area (Å²) in [4.78, 5) is 5.00. The van der Waals surface area contributed by atoms with Crippen molar-refractivity contribution in [1.82, 2.24) is 0 Å². The van der Waals surface area contributed by atoms with Gasteiger partial charge < -0.3 is 5.73 Å². The molecule has 64 valence electrons. The van der Waals surface area contributed by atoms with Crippen LogP contribution in [-0.4, -0.2) is 10.4 Å². The van der Waals surface area contributed by atoms with Crippen molar-refractivity contribution in [2.75, 3.05) is 0 Å². The fourth-order valence-electron chi connectivity index (χ4n) is 0.776. The first kappa shape index (κ1) is 9.48. The lowest BCUT2D eigenvalue weighted by Crippen LogP contribution is -1.99. The number of rotatable bonds is 1. The molecule has 0 radical (unpaired) electrons. The van der Waals surface area contributed by atoms with Crippen LogP contribution >= 0.6 is 24.0 Å². The van der Waals surface area contributed by atoms with Crippen LogP contribution in [0, 0.1) is 0 Å². The Hall–Kier alpha value is -0.610. The first-order valence-electron chi connectivity index (χ1n) is 3.56. The van der Waals surface area contributed by atoms with Gasteiger partial charge in [0.15, 0.2) is 0 Å². The molecule has 0 fully saturated rings. The van der Waals surface area contributed by atoms with Gasteiger partial charge in [-0.3, -0.25) is 4.99 Å². The van der Waals surface area contributed by atoms with Crippen LogP contribution < -0.4 is 5.73 Å². The Kier molecular flexibility index (Phi) is 3.49. The molecule has 0 amide bonds. The molecule has 0 atom stereocenters. The zero-order valence-corrected chi connectivity index (χ0v) is 8.41. The molecule has 0 saturated carbocycles. The van der Waals surface area contributed by atoms with E-state index in [2.05, 4.69) is 4.99 Å². The maximum atomic E-state index is 5.76. The Morgan fingerprint density at radius 2 is 2.50 bits per heavy atom. The van der Waals surface area contributed by atoms with E-state index in [1.165, 1.54) is 11.8 Å². The number of hydrogen-bond acceptors (Lipinski definition) is 4. The summed E-state index contributed by atoms with van der Waals surface area (Å²) in [7, 11) is 0. The van der Waals surface area contributed by atoms with Crippen LogP contribution in [0.1, 0.15) is 13.3 Å². The van der Waals surface area contributed by atoms with Crippen molar-refractivity contribution in [3.8, 4) is 0 Å². The summed E-state index contributed by atoms with van der Waals surface area (Å²) in [5.41, 5.74) is 6.53. The molecule has 0 aliphatic carbocycles. The number of nitrogens with two attached hydrogens (primary N) is 1. The fourth-order valence-corrected chi connectivity index (χ4v) is 1.67. The van der Waals surface area contributed by atoms with E-state index in [0.717, 1.165) is 21.2 Å². The van der Waals surface area contributed by atoms with Gasteiger partial charge in [0.2, 0.25) is 0 Å². The summed E-state index contributed by atoms with van der Waals surface area (Å²) in [6.07, 6.45) is 6.30. The van der Waals surface area contributed by atoms with Gasteiger partial charge >= 0.3 is 0 Å². The summed E-state index contributed by atoms with van der Waals surface area (Å²) in [6.45, 7) is 1.88. The summed E-state index contributed by atoms with van der Waals surface area (Å²) in [6, 6.07) is 0. The second-order valence-corrected chi connectivity index (χ2v) is 4.44. The van der Waals surface area contributed by atoms with Crippen LogP contribution in [-0.2, 0) is 0 Å². The molecule has 0 saturated heterocycles. The fraction of sp³-hybridized carbons (Fsp3) is 0.250. The van der Waals surface area contributed by atoms with Gasteiger partial charge in [-0.25, -0.2) is 0 Å². The summed E-state index contributed by atoms with van der Waals surface area (Å²) in [5.74, 6) is 0. The molecule has 0 unspecified atom stereocenters. The molecule has 0 aromatic carbocycles. The number of aliphatic imine (C=N–C) groups is 1. The minimum Gasteiger partial charge on any atom is -0.398 e. The predicted molar refractivity (Wildman–Crippen MR) is 59.3 cm³/mol. The highest BCUT2D eigenvalue weighted by molar-refractivity contribution is 8.25. The second-order valence-electron chi connectivity index (χ2n) is 2.31. The van der Waals surface area contributed by atoms with Gasteiger partial charge in [-0.1, -0.05) is 30.1 Å². The monoisotopic (exact) mass is 198 g/mol. The van der Waals surface area contributed by atoms with Gasteiger partial charge in [-0.05, 0) is 6.92 Å². The second kappa shape index (κ2) is 4.42. The van der Waals surface area contributed by atoms with E-state index in [4.69, 9.17) is 18.0 Å². The lowest BCUT2D eigenvalue weighted by atomic mass is 10.3. The van der Waals surface area contributed by atoms with Gasteiger partial charge in [0.25, 0.3) is 0 Å². The van der Waals surface area contributed by atoms with E-state index in [1.54, 1.807) is 6.20 Å². The van der Waals surface area contributed by atoms with Crippen LogP contribution in [0.4, 0.5) is 0 Å². The Morgan fingerprint density at radius 3 is 3.17 bits per heavy atom.